The molecule has 0 aliphatic carbocycles. The molecule has 0 aliphatic heterocycles. The van der Waals surface area contributed by atoms with Crippen molar-refractivity contribution >= 4 is 28.1 Å². The van der Waals surface area contributed by atoms with Gasteiger partial charge in [0.2, 0.25) is 0 Å². The summed E-state index contributed by atoms with van der Waals surface area (Å²) in [5.41, 5.74) is -0.302. The summed E-state index contributed by atoms with van der Waals surface area (Å²) in [7, 11) is 0. The molecule has 1 amide bonds. The van der Waals surface area contributed by atoms with Gasteiger partial charge in [0.1, 0.15) is 17.3 Å². The second-order valence-corrected chi connectivity index (χ2v) is 6.36. The predicted molar refractivity (Wildman–Crippen MR) is 83.5 cm³/mol. The van der Waals surface area contributed by atoms with E-state index in [-0.39, 0.29) is 17.9 Å². The van der Waals surface area contributed by atoms with Gasteiger partial charge in [-0.1, -0.05) is 0 Å². The highest BCUT2D eigenvalue weighted by molar-refractivity contribution is 7.14. The number of thiazole rings is 1. The minimum Gasteiger partial charge on any atom is -0.349 e. The quantitative estimate of drug-likeness (QED) is 0.877. The molecule has 1 aromatic heterocycles. The Hall–Kier alpha value is -2.53. The van der Waals surface area contributed by atoms with Crippen molar-refractivity contribution in [2.45, 2.75) is 13.8 Å². The first kappa shape index (κ1) is 16.8. The summed E-state index contributed by atoms with van der Waals surface area (Å²) in [5, 5.41) is 16.1. The third-order valence-corrected chi connectivity index (χ3v) is 3.60. The van der Waals surface area contributed by atoms with Crippen LogP contribution in [0.15, 0.2) is 23.6 Å². The zero-order valence-electron chi connectivity index (χ0n) is 12.5. The van der Waals surface area contributed by atoms with E-state index >= 15 is 0 Å². The molecule has 0 radical (unpaired) electrons. The summed E-state index contributed by atoms with van der Waals surface area (Å²) < 4.78 is 26.2. The fourth-order valence-electron chi connectivity index (χ4n) is 1.62. The number of hydrogen-bond donors (Lipinski definition) is 2. The summed E-state index contributed by atoms with van der Waals surface area (Å²) in [6, 6.07) is 5.10. The van der Waals surface area contributed by atoms with Crippen LogP contribution in [0.5, 0.6) is 0 Å². The van der Waals surface area contributed by atoms with Crippen LogP contribution in [0.25, 0.3) is 0 Å². The van der Waals surface area contributed by atoms with Crippen LogP contribution in [-0.4, -0.2) is 17.4 Å². The van der Waals surface area contributed by atoms with E-state index in [1.165, 1.54) is 5.38 Å². The first-order chi connectivity index (χ1) is 10.8. The van der Waals surface area contributed by atoms with Gasteiger partial charge in [0, 0.05) is 23.7 Å². The predicted octanol–water partition coefficient (Wildman–Crippen LogP) is 3.44. The van der Waals surface area contributed by atoms with Crippen LogP contribution in [0.3, 0.4) is 0 Å². The smallest absolute Gasteiger partial charge is 0.270 e. The number of carbonyl (C=O) groups excluding carboxylic acids is 1. The third-order valence-electron chi connectivity index (χ3n) is 2.84. The van der Waals surface area contributed by atoms with Crippen LogP contribution < -0.4 is 10.6 Å². The molecule has 0 unspecified atom stereocenters. The normalized spacial score (nSPS) is 10.9. The van der Waals surface area contributed by atoms with E-state index in [2.05, 4.69) is 21.7 Å². The number of rotatable bonds is 5. The molecule has 0 saturated heterocycles. The number of halogens is 2. The van der Waals surface area contributed by atoms with Crippen LogP contribution in [0.1, 0.15) is 24.3 Å². The van der Waals surface area contributed by atoms with E-state index in [1.807, 2.05) is 0 Å². The molecule has 23 heavy (non-hydrogen) atoms. The minimum atomic E-state index is -0.708. The lowest BCUT2D eigenvalue weighted by atomic mass is 9.96. The van der Waals surface area contributed by atoms with Crippen molar-refractivity contribution in [2.24, 2.45) is 5.41 Å². The van der Waals surface area contributed by atoms with E-state index in [9.17, 15) is 13.6 Å². The van der Waals surface area contributed by atoms with Crippen molar-refractivity contribution in [3.8, 4) is 6.07 Å². The number of nitriles is 1. The van der Waals surface area contributed by atoms with Gasteiger partial charge in [0.25, 0.3) is 5.91 Å². The highest BCUT2D eigenvalue weighted by Gasteiger charge is 2.19. The van der Waals surface area contributed by atoms with Crippen molar-refractivity contribution in [1.29, 1.82) is 5.26 Å². The van der Waals surface area contributed by atoms with Crippen molar-refractivity contribution in [3.05, 3.63) is 40.9 Å². The molecule has 2 N–H and O–H groups in total. The first-order valence-corrected chi connectivity index (χ1v) is 7.55. The lowest BCUT2D eigenvalue weighted by Gasteiger charge is -2.14. The molecule has 0 bridgehead atoms. The molecule has 2 rings (SSSR count). The Labute approximate surface area is 136 Å². The minimum absolute atomic E-state index is 0.170. The first-order valence-electron chi connectivity index (χ1n) is 6.67. The summed E-state index contributed by atoms with van der Waals surface area (Å²) in [5.74, 6) is -1.83. The Bertz CT molecular complexity index is 747. The van der Waals surface area contributed by atoms with E-state index in [1.54, 1.807) is 13.8 Å². The van der Waals surface area contributed by atoms with Gasteiger partial charge in [-0.05, 0) is 26.0 Å². The van der Waals surface area contributed by atoms with Gasteiger partial charge in [-0.25, -0.2) is 13.8 Å². The lowest BCUT2D eigenvalue weighted by molar-refractivity contribution is 0.0939. The van der Waals surface area contributed by atoms with Crippen LogP contribution in [0, 0.1) is 28.4 Å². The second-order valence-electron chi connectivity index (χ2n) is 5.50. The SMILES string of the molecule is CC(C)(C#N)CNC(=O)c1csc(Nc2cc(F)cc(F)c2)n1. The fourth-order valence-corrected chi connectivity index (χ4v) is 2.33. The highest BCUT2D eigenvalue weighted by Crippen LogP contribution is 2.22. The molecule has 120 valence electrons. The van der Waals surface area contributed by atoms with Gasteiger partial charge in [0.05, 0.1) is 11.5 Å². The zero-order valence-corrected chi connectivity index (χ0v) is 13.3. The second kappa shape index (κ2) is 6.71. The van der Waals surface area contributed by atoms with E-state index in [0.29, 0.717) is 5.13 Å². The van der Waals surface area contributed by atoms with Gasteiger partial charge in [-0.2, -0.15) is 5.26 Å². The number of aromatic nitrogens is 1. The maximum atomic E-state index is 13.1. The average molecular weight is 336 g/mol. The number of nitrogens with one attached hydrogen (secondary N) is 2. The Kier molecular flexibility index (Phi) is 4.91. The molecule has 0 aliphatic rings. The number of anilines is 2. The van der Waals surface area contributed by atoms with Crippen LogP contribution in [0.2, 0.25) is 0 Å². The van der Waals surface area contributed by atoms with Gasteiger partial charge >= 0.3 is 0 Å². The van der Waals surface area contributed by atoms with Gasteiger partial charge < -0.3 is 10.6 Å². The van der Waals surface area contributed by atoms with Crippen molar-refractivity contribution in [2.75, 3.05) is 11.9 Å². The third kappa shape index (κ3) is 4.72. The number of benzene rings is 1. The van der Waals surface area contributed by atoms with Crippen molar-refractivity contribution in [3.63, 3.8) is 0 Å². The molecule has 5 nitrogen and oxygen atoms in total. The van der Waals surface area contributed by atoms with Crippen LogP contribution in [-0.2, 0) is 0 Å². The van der Waals surface area contributed by atoms with E-state index in [0.717, 1.165) is 29.5 Å². The van der Waals surface area contributed by atoms with Crippen molar-refractivity contribution < 1.29 is 13.6 Å². The molecular formula is C15H14F2N4OS. The summed E-state index contributed by atoms with van der Waals surface area (Å²) in [6.45, 7) is 3.61. The standard InChI is InChI=1S/C15H14F2N4OS/c1-15(2,7-18)8-19-13(22)12-6-23-14(21-12)20-11-4-9(16)3-10(17)5-11/h3-6H,8H2,1-2H3,(H,19,22)(H,20,21). The topological polar surface area (TPSA) is 77.8 Å². The average Bonchev–Trinajstić information content (AvgIpc) is 2.92. The van der Waals surface area contributed by atoms with E-state index in [4.69, 9.17) is 5.26 Å². The molecule has 0 spiro atoms. The Morgan fingerprint density at radius 2 is 2.00 bits per heavy atom. The van der Waals surface area contributed by atoms with E-state index < -0.39 is 23.0 Å². The molecule has 0 saturated carbocycles. The summed E-state index contributed by atoms with van der Waals surface area (Å²) in [4.78, 5) is 16.0. The number of hydrogen-bond acceptors (Lipinski definition) is 5. The number of carbonyl (C=O) groups is 1. The molecule has 1 heterocycles. The molecular weight excluding hydrogens is 322 g/mol. The maximum absolute atomic E-state index is 13.1. The van der Waals surface area contributed by atoms with Gasteiger partial charge in [0.15, 0.2) is 5.13 Å². The molecule has 0 fully saturated rings. The summed E-state index contributed by atoms with van der Waals surface area (Å²) in [6.07, 6.45) is 0. The van der Waals surface area contributed by atoms with Crippen LogP contribution in [0.4, 0.5) is 19.6 Å². The Balaban J connectivity index is 2.03. The lowest BCUT2D eigenvalue weighted by Crippen LogP contribution is -2.33. The molecule has 1 aromatic carbocycles. The zero-order chi connectivity index (χ0) is 17.0. The largest absolute Gasteiger partial charge is 0.349 e. The highest BCUT2D eigenvalue weighted by atomic mass is 32.1. The number of nitrogens with zero attached hydrogens (tertiary/aromatic N) is 2. The van der Waals surface area contributed by atoms with Gasteiger partial charge in [-0.3, -0.25) is 4.79 Å². The Morgan fingerprint density at radius 3 is 2.61 bits per heavy atom. The van der Waals surface area contributed by atoms with Crippen molar-refractivity contribution in [1.82, 2.24) is 10.3 Å². The van der Waals surface area contributed by atoms with Crippen LogP contribution >= 0.6 is 11.3 Å². The number of amides is 1. The van der Waals surface area contributed by atoms with Gasteiger partial charge in [-0.15, -0.1) is 11.3 Å². The molecule has 2 aromatic rings. The Morgan fingerprint density at radius 1 is 1.35 bits per heavy atom. The summed E-state index contributed by atoms with van der Waals surface area (Å²) >= 11 is 1.13. The molecule has 8 heteroatoms. The molecule has 0 atom stereocenters. The monoisotopic (exact) mass is 336 g/mol. The maximum Gasteiger partial charge on any atom is 0.270 e. The fraction of sp³-hybridized carbons (Fsp3) is 0.267.